The van der Waals surface area contributed by atoms with E-state index < -0.39 is 0 Å². The molecule has 8 heteroatoms. The number of rotatable bonds is 5. The summed E-state index contributed by atoms with van der Waals surface area (Å²) in [6, 6.07) is 10.0. The minimum Gasteiger partial charge on any atom is -0.396 e. The van der Waals surface area contributed by atoms with E-state index in [9.17, 15) is 29.4 Å². The summed E-state index contributed by atoms with van der Waals surface area (Å²) in [5.74, 6) is -0.675. The van der Waals surface area contributed by atoms with E-state index in [-0.39, 0.29) is 60.8 Å². The summed E-state index contributed by atoms with van der Waals surface area (Å²) in [7, 11) is 0. The lowest BCUT2D eigenvalue weighted by atomic mass is 9.86. The van der Waals surface area contributed by atoms with Gasteiger partial charge in [-0.1, -0.05) is 12.1 Å². The Hall–Kier alpha value is -3.36. The van der Waals surface area contributed by atoms with Crippen LogP contribution in [-0.4, -0.2) is 68.9 Å². The highest BCUT2D eigenvalue weighted by atomic mass is 16.3. The summed E-state index contributed by atoms with van der Waals surface area (Å²) in [6.45, 7) is 0.269. The molecule has 2 N–H and O–H groups in total. The molecule has 8 nitrogen and oxygen atoms in total. The molecule has 4 amide bonds. The van der Waals surface area contributed by atoms with Gasteiger partial charge in [-0.05, 0) is 98.6 Å². The Morgan fingerprint density at radius 2 is 0.868 bits per heavy atom. The summed E-state index contributed by atoms with van der Waals surface area (Å²) in [5, 5.41) is 18.8. The smallest absolute Gasteiger partial charge is 0.261 e. The number of benzene rings is 2. The molecular weight excluding hydrogens is 484 g/mol. The largest absolute Gasteiger partial charge is 0.396 e. The molecule has 0 saturated heterocycles. The van der Waals surface area contributed by atoms with Crippen molar-refractivity contribution in [3.8, 4) is 11.1 Å². The molecule has 0 bridgehead atoms. The Bertz CT molecular complexity index is 1220. The highest BCUT2D eigenvalue weighted by Gasteiger charge is 2.43. The van der Waals surface area contributed by atoms with Crippen molar-refractivity contribution in [2.75, 3.05) is 13.2 Å². The molecule has 4 aliphatic rings. The zero-order valence-corrected chi connectivity index (χ0v) is 21.3. The number of amides is 4. The second-order valence-electron chi connectivity index (χ2n) is 11.2. The Labute approximate surface area is 221 Å². The fraction of sp³-hybridized carbons (Fsp3) is 0.467. The van der Waals surface area contributed by atoms with Gasteiger partial charge in [0.1, 0.15) is 0 Å². The number of nitrogens with zero attached hydrogens (tertiary/aromatic N) is 2. The zero-order chi connectivity index (χ0) is 26.6. The van der Waals surface area contributed by atoms with E-state index in [1.54, 1.807) is 36.4 Å². The predicted molar refractivity (Wildman–Crippen MR) is 139 cm³/mol. The Morgan fingerprint density at radius 3 is 1.21 bits per heavy atom. The maximum Gasteiger partial charge on any atom is 0.261 e. The summed E-state index contributed by atoms with van der Waals surface area (Å²) in [5.41, 5.74) is 2.92. The maximum atomic E-state index is 13.3. The molecule has 2 aliphatic carbocycles. The van der Waals surface area contributed by atoms with Crippen LogP contribution in [0.25, 0.3) is 11.1 Å². The van der Waals surface area contributed by atoms with Crippen molar-refractivity contribution >= 4 is 23.6 Å². The molecule has 2 aromatic carbocycles. The summed E-state index contributed by atoms with van der Waals surface area (Å²) >= 11 is 0. The Kier molecular flexibility index (Phi) is 6.40. The van der Waals surface area contributed by atoms with E-state index >= 15 is 0 Å². The molecule has 6 rings (SSSR count). The van der Waals surface area contributed by atoms with Crippen LogP contribution in [0, 0.1) is 11.8 Å². The van der Waals surface area contributed by atoms with E-state index in [0.29, 0.717) is 59.1 Å². The van der Waals surface area contributed by atoms with Crippen molar-refractivity contribution in [2.45, 2.75) is 63.5 Å². The summed E-state index contributed by atoms with van der Waals surface area (Å²) < 4.78 is 0. The number of aliphatic hydroxyl groups is 2. The first-order chi connectivity index (χ1) is 18.4. The van der Waals surface area contributed by atoms with E-state index in [1.807, 2.05) is 0 Å². The van der Waals surface area contributed by atoms with Gasteiger partial charge >= 0.3 is 0 Å². The number of imide groups is 2. The fourth-order valence-electron chi connectivity index (χ4n) is 6.71. The molecular formula is C30H32N2O6. The molecule has 2 heterocycles. The van der Waals surface area contributed by atoms with Crippen LogP contribution in [0.4, 0.5) is 0 Å². The minimum atomic E-state index is -0.295. The third-order valence-corrected chi connectivity index (χ3v) is 9.05. The van der Waals surface area contributed by atoms with Crippen LogP contribution in [-0.2, 0) is 0 Å². The van der Waals surface area contributed by atoms with Gasteiger partial charge in [-0.15, -0.1) is 0 Å². The quantitative estimate of drug-likeness (QED) is 0.587. The molecule has 0 atom stereocenters. The highest BCUT2D eigenvalue weighted by Crippen LogP contribution is 2.37. The number of carbonyl (C=O) groups excluding carboxylic acids is 4. The number of aliphatic hydroxyl groups excluding tert-OH is 2. The van der Waals surface area contributed by atoms with Crippen molar-refractivity contribution in [1.82, 2.24) is 9.80 Å². The summed E-state index contributed by atoms with van der Waals surface area (Å²) in [4.78, 5) is 55.6. The van der Waals surface area contributed by atoms with Gasteiger partial charge in [0, 0.05) is 25.3 Å². The first-order valence-electron chi connectivity index (χ1n) is 13.7. The molecule has 0 radical (unpaired) electrons. The Morgan fingerprint density at radius 1 is 0.526 bits per heavy atom. The first kappa shape index (κ1) is 24.9. The fourth-order valence-corrected chi connectivity index (χ4v) is 6.71. The highest BCUT2D eigenvalue weighted by molar-refractivity contribution is 6.23. The van der Waals surface area contributed by atoms with E-state index in [2.05, 4.69) is 0 Å². The predicted octanol–water partition coefficient (Wildman–Crippen LogP) is 3.65. The van der Waals surface area contributed by atoms with Gasteiger partial charge in [0.15, 0.2) is 0 Å². The van der Waals surface area contributed by atoms with Crippen molar-refractivity contribution < 1.29 is 29.4 Å². The molecule has 0 unspecified atom stereocenters. The average molecular weight is 517 g/mol. The van der Waals surface area contributed by atoms with Gasteiger partial charge in [-0.25, -0.2) is 0 Å². The number of carbonyl (C=O) groups is 4. The molecule has 2 aliphatic heterocycles. The molecule has 2 saturated carbocycles. The lowest BCUT2D eigenvalue weighted by Gasteiger charge is -2.32. The molecule has 0 spiro atoms. The van der Waals surface area contributed by atoms with Crippen LogP contribution >= 0.6 is 0 Å². The van der Waals surface area contributed by atoms with E-state index in [0.717, 1.165) is 25.7 Å². The van der Waals surface area contributed by atoms with Gasteiger partial charge in [0.25, 0.3) is 23.6 Å². The maximum absolute atomic E-state index is 13.3. The van der Waals surface area contributed by atoms with Crippen molar-refractivity contribution in [2.24, 2.45) is 11.8 Å². The van der Waals surface area contributed by atoms with Crippen LogP contribution in [0.5, 0.6) is 0 Å². The second-order valence-corrected chi connectivity index (χ2v) is 11.2. The van der Waals surface area contributed by atoms with Gasteiger partial charge < -0.3 is 10.2 Å². The second kappa shape index (κ2) is 9.75. The van der Waals surface area contributed by atoms with Crippen LogP contribution < -0.4 is 0 Å². The van der Waals surface area contributed by atoms with Gasteiger partial charge in [-0.2, -0.15) is 0 Å². The number of hydrogen-bond donors (Lipinski definition) is 2. The molecule has 38 heavy (non-hydrogen) atoms. The average Bonchev–Trinajstić information content (AvgIpc) is 3.36. The number of fused-ring (bicyclic) bond motifs is 2. The van der Waals surface area contributed by atoms with Gasteiger partial charge in [0.05, 0.1) is 22.3 Å². The third kappa shape index (κ3) is 3.98. The van der Waals surface area contributed by atoms with Crippen molar-refractivity contribution in [3.63, 3.8) is 0 Å². The van der Waals surface area contributed by atoms with Crippen LogP contribution in [0.2, 0.25) is 0 Å². The third-order valence-electron chi connectivity index (χ3n) is 9.05. The molecule has 2 fully saturated rings. The van der Waals surface area contributed by atoms with Crippen LogP contribution in [0.1, 0.15) is 92.8 Å². The van der Waals surface area contributed by atoms with Crippen LogP contribution in [0.3, 0.4) is 0 Å². The monoisotopic (exact) mass is 516 g/mol. The first-order valence-corrected chi connectivity index (χ1v) is 13.7. The molecule has 0 aromatic heterocycles. The normalized spacial score (nSPS) is 27.2. The summed E-state index contributed by atoms with van der Waals surface area (Å²) in [6.07, 6.45) is 5.96. The van der Waals surface area contributed by atoms with Crippen molar-refractivity contribution in [1.29, 1.82) is 0 Å². The lowest BCUT2D eigenvalue weighted by Crippen LogP contribution is -2.42. The number of hydrogen-bond acceptors (Lipinski definition) is 6. The zero-order valence-electron chi connectivity index (χ0n) is 21.3. The molecule has 198 valence electrons. The molecule has 2 aromatic rings. The topological polar surface area (TPSA) is 115 Å². The standard InChI is InChI=1S/C30H32N2O6/c33-15-17-1-7-21(8-2-17)31-27(35)23-11-5-19(13-25(23)29(31)37)20-6-12-24-26(14-20)30(38)32(28(24)36)22-9-3-18(16-34)4-10-22/h5-6,11-14,17-18,21-22,33-34H,1-4,7-10,15-16H2. The Balaban J connectivity index is 1.24. The lowest BCUT2D eigenvalue weighted by molar-refractivity contribution is 0.0496. The minimum absolute atomic E-state index is 0.135. The van der Waals surface area contributed by atoms with Crippen molar-refractivity contribution in [3.05, 3.63) is 58.7 Å². The SMILES string of the molecule is O=C1c2ccc(-c3ccc4c(c3)C(=O)N(C3CCC(CO)CC3)C4=O)cc2C(=O)N1C1CCC(CO)CC1. The van der Waals surface area contributed by atoms with Gasteiger partial charge in [-0.3, -0.25) is 29.0 Å². The van der Waals surface area contributed by atoms with Gasteiger partial charge in [0.2, 0.25) is 0 Å². The van der Waals surface area contributed by atoms with E-state index in [1.165, 1.54) is 9.80 Å². The van der Waals surface area contributed by atoms with E-state index in [4.69, 9.17) is 0 Å². The van der Waals surface area contributed by atoms with Crippen LogP contribution in [0.15, 0.2) is 36.4 Å².